The lowest BCUT2D eigenvalue weighted by Gasteiger charge is -2.12. The van der Waals surface area contributed by atoms with E-state index in [1.807, 2.05) is 0 Å². The normalized spacial score (nSPS) is 16.9. The van der Waals surface area contributed by atoms with Crippen LogP contribution in [0.3, 0.4) is 0 Å². The third-order valence-electron chi connectivity index (χ3n) is 3.42. The highest BCUT2D eigenvalue weighted by atomic mass is 35.5. The molecule has 1 aromatic carbocycles. The second kappa shape index (κ2) is 7.50. The lowest BCUT2D eigenvalue weighted by Crippen LogP contribution is -2.20. The van der Waals surface area contributed by atoms with Gasteiger partial charge in [-0.1, -0.05) is 0 Å². The first-order valence-corrected chi connectivity index (χ1v) is 7.51. The van der Waals surface area contributed by atoms with Crippen LogP contribution in [0.2, 0.25) is 0 Å². The zero-order chi connectivity index (χ0) is 14.4. The molecule has 1 aliphatic rings. The van der Waals surface area contributed by atoms with Crippen molar-refractivity contribution in [2.75, 3.05) is 17.7 Å². The van der Waals surface area contributed by atoms with E-state index < -0.39 is 6.10 Å². The first-order valence-electron chi connectivity index (χ1n) is 6.98. The highest BCUT2D eigenvalue weighted by Crippen LogP contribution is 2.22. The second-order valence-electron chi connectivity index (χ2n) is 5.08. The molecule has 1 aliphatic carbocycles. The highest BCUT2D eigenvalue weighted by molar-refractivity contribution is 6.18. The van der Waals surface area contributed by atoms with Gasteiger partial charge in [-0.2, -0.15) is 0 Å². The number of aliphatic hydroxyl groups is 1. The van der Waals surface area contributed by atoms with Gasteiger partial charge in [0.2, 0.25) is 0 Å². The molecule has 20 heavy (non-hydrogen) atoms. The fourth-order valence-corrected chi connectivity index (χ4v) is 2.35. The number of rotatable bonds is 6. The first-order chi connectivity index (χ1) is 9.69. The topological polar surface area (TPSA) is 58.6 Å². The summed E-state index contributed by atoms with van der Waals surface area (Å²) in [5, 5.41) is 12.4. The van der Waals surface area contributed by atoms with E-state index in [2.05, 4.69) is 5.32 Å². The SMILES string of the molecule is O=C(OC1CCCC1)c1ccc(NCC(O)CCl)cc1. The number of carbonyl (C=O) groups is 1. The summed E-state index contributed by atoms with van der Waals surface area (Å²) < 4.78 is 5.44. The molecular formula is C15H20ClNO3. The van der Waals surface area contributed by atoms with Crippen molar-refractivity contribution in [1.82, 2.24) is 0 Å². The van der Waals surface area contributed by atoms with Gasteiger partial charge in [0.25, 0.3) is 0 Å². The molecule has 2 N–H and O–H groups in total. The maximum atomic E-state index is 11.9. The standard InChI is InChI=1S/C15H20ClNO3/c16-9-13(18)10-17-12-7-5-11(6-8-12)15(19)20-14-3-1-2-4-14/h5-8,13-14,17-18H,1-4,9-10H2. The van der Waals surface area contributed by atoms with E-state index in [-0.39, 0.29) is 18.0 Å². The van der Waals surface area contributed by atoms with Crippen LogP contribution in [0.1, 0.15) is 36.0 Å². The molecule has 1 fully saturated rings. The van der Waals surface area contributed by atoms with Gasteiger partial charge in [0.05, 0.1) is 17.5 Å². The number of ether oxygens (including phenoxy) is 1. The predicted octanol–water partition coefficient (Wildman–Crippen LogP) is 2.80. The van der Waals surface area contributed by atoms with Gasteiger partial charge in [-0.25, -0.2) is 4.79 Å². The van der Waals surface area contributed by atoms with E-state index in [0.717, 1.165) is 31.4 Å². The second-order valence-corrected chi connectivity index (χ2v) is 5.39. The summed E-state index contributed by atoms with van der Waals surface area (Å²) in [6.07, 6.45) is 3.74. The molecule has 0 radical (unpaired) electrons. The molecule has 2 rings (SSSR count). The predicted molar refractivity (Wildman–Crippen MR) is 79.3 cm³/mol. The zero-order valence-electron chi connectivity index (χ0n) is 11.3. The Balaban J connectivity index is 1.85. The van der Waals surface area contributed by atoms with E-state index in [0.29, 0.717) is 12.1 Å². The molecule has 5 heteroatoms. The summed E-state index contributed by atoms with van der Waals surface area (Å²) in [5.41, 5.74) is 1.40. The van der Waals surface area contributed by atoms with Gasteiger partial charge in [0, 0.05) is 12.2 Å². The van der Waals surface area contributed by atoms with Crippen LogP contribution in [-0.4, -0.2) is 35.7 Å². The van der Waals surface area contributed by atoms with E-state index in [1.54, 1.807) is 24.3 Å². The molecule has 1 saturated carbocycles. The average molecular weight is 298 g/mol. The Morgan fingerprint density at radius 2 is 2.00 bits per heavy atom. The minimum Gasteiger partial charge on any atom is -0.459 e. The Morgan fingerprint density at radius 3 is 2.60 bits per heavy atom. The van der Waals surface area contributed by atoms with Crippen molar-refractivity contribution in [3.63, 3.8) is 0 Å². The summed E-state index contributed by atoms with van der Waals surface area (Å²) in [7, 11) is 0. The van der Waals surface area contributed by atoms with Crippen molar-refractivity contribution in [2.45, 2.75) is 37.9 Å². The fraction of sp³-hybridized carbons (Fsp3) is 0.533. The number of esters is 1. The lowest BCUT2D eigenvalue weighted by atomic mass is 10.2. The molecule has 0 aromatic heterocycles. The average Bonchev–Trinajstić information content (AvgIpc) is 2.98. The molecule has 0 saturated heterocycles. The van der Waals surface area contributed by atoms with E-state index in [9.17, 15) is 9.90 Å². The van der Waals surface area contributed by atoms with Crippen molar-refractivity contribution in [3.05, 3.63) is 29.8 Å². The summed E-state index contributed by atoms with van der Waals surface area (Å²) in [6.45, 7) is 0.384. The molecule has 0 bridgehead atoms. The van der Waals surface area contributed by atoms with Crippen LogP contribution in [-0.2, 0) is 4.74 Å². The number of benzene rings is 1. The lowest BCUT2D eigenvalue weighted by molar-refractivity contribution is 0.0318. The van der Waals surface area contributed by atoms with Crippen molar-refractivity contribution >= 4 is 23.3 Å². The van der Waals surface area contributed by atoms with Crippen LogP contribution < -0.4 is 5.32 Å². The van der Waals surface area contributed by atoms with Gasteiger partial charge >= 0.3 is 5.97 Å². The maximum absolute atomic E-state index is 11.9. The summed E-state index contributed by atoms with van der Waals surface area (Å²) in [5.74, 6) is -0.0667. The van der Waals surface area contributed by atoms with E-state index >= 15 is 0 Å². The molecular weight excluding hydrogens is 278 g/mol. The number of aliphatic hydroxyl groups excluding tert-OH is 1. The molecule has 1 unspecified atom stereocenters. The van der Waals surface area contributed by atoms with Crippen LogP contribution >= 0.6 is 11.6 Å². The number of anilines is 1. The Hall–Kier alpha value is -1.26. The quantitative estimate of drug-likeness (QED) is 0.626. The molecule has 110 valence electrons. The van der Waals surface area contributed by atoms with Gasteiger partial charge < -0.3 is 15.2 Å². The molecule has 4 nitrogen and oxygen atoms in total. The monoisotopic (exact) mass is 297 g/mol. The Labute approximate surface area is 124 Å². The van der Waals surface area contributed by atoms with Crippen molar-refractivity contribution < 1.29 is 14.6 Å². The summed E-state index contributed by atoms with van der Waals surface area (Å²) in [4.78, 5) is 11.9. The number of nitrogens with one attached hydrogen (secondary N) is 1. The van der Waals surface area contributed by atoms with Gasteiger partial charge in [0.1, 0.15) is 6.10 Å². The molecule has 0 spiro atoms. The maximum Gasteiger partial charge on any atom is 0.338 e. The van der Waals surface area contributed by atoms with E-state index in [4.69, 9.17) is 16.3 Å². The van der Waals surface area contributed by atoms with Gasteiger partial charge in [0.15, 0.2) is 0 Å². The Morgan fingerprint density at radius 1 is 1.35 bits per heavy atom. The van der Waals surface area contributed by atoms with E-state index in [1.165, 1.54) is 0 Å². The highest BCUT2D eigenvalue weighted by Gasteiger charge is 2.19. The van der Waals surface area contributed by atoms with Crippen LogP contribution in [0.25, 0.3) is 0 Å². The Bertz CT molecular complexity index is 429. The van der Waals surface area contributed by atoms with Crippen LogP contribution in [0.15, 0.2) is 24.3 Å². The summed E-state index contributed by atoms with van der Waals surface area (Å²) >= 11 is 5.51. The number of halogens is 1. The number of alkyl halides is 1. The number of hydrogen-bond donors (Lipinski definition) is 2. The molecule has 1 aromatic rings. The molecule has 0 heterocycles. The molecule has 1 atom stereocenters. The van der Waals surface area contributed by atoms with Crippen molar-refractivity contribution in [1.29, 1.82) is 0 Å². The Kier molecular flexibility index (Phi) is 5.68. The minimum atomic E-state index is -0.580. The smallest absolute Gasteiger partial charge is 0.338 e. The van der Waals surface area contributed by atoms with Crippen molar-refractivity contribution in [2.24, 2.45) is 0 Å². The number of hydrogen-bond acceptors (Lipinski definition) is 4. The van der Waals surface area contributed by atoms with Gasteiger partial charge in [-0.05, 0) is 49.9 Å². The zero-order valence-corrected chi connectivity index (χ0v) is 12.1. The van der Waals surface area contributed by atoms with Crippen LogP contribution in [0, 0.1) is 0 Å². The molecule has 0 aliphatic heterocycles. The van der Waals surface area contributed by atoms with Gasteiger partial charge in [-0.3, -0.25) is 0 Å². The number of carbonyl (C=O) groups excluding carboxylic acids is 1. The van der Waals surface area contributed by atoms with Crippen LogP contribution in [0.5, 0.6) is 0 Å². The van der Waals surface area contributed by atoms with Crippen LogP contribution in [0.4, 0.5) is 5.69 Å². The minimum absolute atomic E-state index is 0.0826. The van der Waals surface area contributed by atoms with Gasteiger partial charge in [-0.15, -0.1) is 11.6 Å². The molecule has 0 amide bonds. The third-order valence-corrected chi connectivity index (χ3v) is 3.77. The third kappa shape index (κ3) is 4.39. The fourth-order valence-electron chi connectivity index (χ4n) is 2.24. The van der Waals surface area contributed by atoms with Crippen molar-refractivity contribution in [3.8, 4) is 0 Å². The largest absolute Gasteiger partial charge is 0.459 e. The summed E-state index contributed by atoms with van der Waals surface area (Å²) in [6, 6.07) is 7.05. The first kappa shape index (κ1) is 15.1.